The molecule has 1 saturated heterocycles. The Kier molecular flexibility index (Phi) is 5.69. The molecule has 2 aromatic carbocycles. The topological polar surface area (TPSA) is 41.3 Å². The number of benzene rings is 2. The Morgan fingerprint density at radius 1 is 0.939 bits per heavy atom. The molecule has 5 rings (SSSR count). The van der Waals surface area contributed by atoms with E-state index < -0.39 is 0 Å². The number of pyridine rings is 1. The molecule has 1 N–H and O–H groups in total. The van der Waals surface area contributed by atoms with Crippen molar-refractivity contribution in [3.05, 3.63) is 106 Å². The van der Waals surface area contributed by atoms with Gasteiger partial charge in [0.2, 0.25) is 0 Å². The van der Waals surface area contributed by atoms with Crippen LogP contribution in [-0.2, 0) is 0 Å². The quantitative estimate of drug-likeness (QED) is 0.320. The van der Waals surface area contributed by atoms with Gasteiger partial charge in [-0.25, -0.2) is 0 Å². The van der Waals surface area contributed by atoms with Crippen molar-refractivity contribution in [2.75, 3.05) is 4.90 Å². The van der Waals surface area contributed by atoms with E-state index in [0.717, 1.165) is 39.1 Å². The van der Waals surface area contributed by atoms with Crippen LogP contribution in [0.1, 0.15) is 40.2 Å². The number of halogens is 1. The van der Waals surface area contributed by atoms with Gasteiger partial charge in [0.05, 0.1) is 11.7 Å². The highest BCUT2D eigenvalue weighted by molar-refractivity contribution is 7.80. The van der Waals surface area contributed by atoms with Crippen molar-refractivity contribution in [3.8, 4) is 11.3 Å². The number of aryl methyl sites for hydroxylation is 3. The summed E-state index contributed by atoms with van der Waals surface area (Å²) in [6, 6.07) is 22.0. The Balaban J connectivity index is 1.61. The number of rotatable bonds is 4. The fraction of sp³-hybridized carbons (Fsp3) is 0.185. The molecule has 1 aliphatic heterocycles. The van der Waals surface area contributed by atoms with Crippen LogP contribution in [0.3, 0.4) is 0 Å². The molecule has 0 radical (unpaired) electrons. The zero-order valence-electron chi connectivity index (χ0n) is 18.7. The van der Waals surface area contributed by atoms with Gasteiger partial charge < -0.3 is 14.6 Å². The third-order valence-electron chi connectivity index (χ3n) is 6.24. The van der Waals surface area contributed by atoms with E-state index in [-0.39, 0.29) is 12.1 Å². The number of anilines is 1. The molecule has 0 unspecified atom stereocenters. The number of nitrogens with zero attached hydrogens (tertiary/aromatic N) is 2. The van der Waals surface area contributed by atoms with Gasteiger partial charge in [-0.15, -0.1) is 0 Å². The Morgan fingerprint density at radius 2 is 1.76 bits per heavy atom. The first-order valence-corrected chi connectivity index (χ1v) is 11.6. The predicted molar refractivity (Wildman–Crippen MR) is 138 cm³/mol. The van der Waals surface area contributed by atoms with E-state index >= 15 is 0 Å². The van der Waals surface area contributed by atoms with Crippen molar-refractivity contribution in [2.45, 2.75) is 32.9 Å². The van der Waals surface area contributed by atoms with Gasteiger partial charge in [0.25, 0.3) is 0 Å². The molecule has 0 bridgehead atoms. The van der Waals surface area contributed by atoms with E-state index in [0.29, 0.717) is 5.11 Å². The molecule has 3 heterocycles. The minimum atomic E-state index is -0.191. The fourth-order valence-corrected chi connectivity index (χ4v) is 4.74. The van der Waals surface area contributed by atoms with Crippen molar-refractivity contribution in [1.82, 2.24) is 10.3 Å². The van der Waals surface area contributed by atoms with Crippen molar-refractivity contribution >= 4 is 34.6 Å². The number of thiocarbonyl (C=S) groups is 1. The van der Waals surface area contributed by atoms with Gasteiger partial charge in [-0.1, -0.05) is 35.9 Å². The van der Waals surface area contributed by atoms with Crippen molar-refractivity contribution in [1.29, 1.82) is 0 Å². The lowest BCUT2D eigenvalue weighted by atomic mass is 10.0. The molecular formula is C27H24ClN3OS. The molecule has 6 heteroatoms. The average Bonchev–Trinajstić information content (AvgIpc) is 3.43. The zero-order chi connectivity index (χ0) is 23.1. The van der Waals surface area contributed by atoms with Gasteiger partial charge in [-0.05, 0) is 92.1 Å². The molecule has 0 aliphatic carbocycles. The van der Waals surface area contributed by atoms with E-state index in [9.17, 15) is 0 Å². The SMILES string of the molecule is Cc1ccc(N2C(=S)N[C@H](c3ccccn3)[C@H]2c2ccc(-c3ccc(C)c(Cl)c3)o2)cc1C. The second kappa shape index (κ2) is 8.65. The summed E-state index contributed by atoms with van der Waals surface area (Å²) < 4.78 is 6.43. The van der Waals surface area contributed by atoms with Crippen LogP contribution in [0.4, 0.5) is 5.69 Å². The van der Waals surface area contributed by atoms with Crippen LogP contribution in [0.15, 0.2) is 77.3 Å². The summed E-state index contributed by atoms with van der Waals surface area (Å²) in [5.41, 5.74) is 6.37. The van der Waals surface area contributed by atoms with Crippen LogP contribution in [0.25, 0.3) is 11.3 Å². The Bertz CT molecular complexity index is 1330. The fourth-order valence-electron chi connectivity index (χ4n) is 4.21. The molecule has 166 valence electrons. The van der Waals surface area contributed by atoms with Gasteiger partial charge in [0, 0.05) is 22.5 Å². The largest absolute Gasteiger partial charge is 0.459 e. The van der Waals surface area contributed by atoms with Gasteiger partial charge >= 0.3 is 0 Å². The first-order chi connectivity index (χ1) is 15.9. The zero-order valence-corrected chi connectivity index (χ0v) is 20.2. The molecule has 4 nitrogen and oxygen atoms in total. The summed E-state index contributed by atoms with van der Waals surface area (Å²) in [5, 5.41) is 4.85. The molecule has 2 aromatic heterocycles. The molecule has 1 aliphatic rings. The third kappa shape index (κ3) is 4.03. The van der Waals surface area contributed by atoms with Gasteiger partial charge in [0.15, 0.2) is 5.11 Å². The predicted octanol–water partition coefficient (Wildman–Crippen LogP) is 7.10. The minimum absolute atomic E-state index is 0.152. The van der Waals surface area contributed by atoms with Crippen LogP contribution >= 0.6 is 23.8 Å². The maximum Gasteiger partial charge on any atom is 0.174 e. The molecule has 0 amide bonds. The minimum Gasteiger partial charge on any atom is -0.459 e. The molecule has 33 heavy (non-hydrogen) atoms. The van der Waals surface area contributed by atoms with Crippen molar-refractivity contribution < 1.29 is 4.42 Å². The summed E-state index contributed by atoms with van der Waals surface area (Å²) in [4.78, 5) is 6.74. The highest BCUT2D eigenvalue weighted by Gasteiger charge is 2.42. The van der Waals surface area contributed by atoms with E-state index in [2.05, 4.69) is 47.2 Å². The Labute approximate surface area is 204 Å². The van der Waals surface area contributed by atoms with Gasteiger partial charge in [0.1, 0.15) is 17.6 Å². The normalized spacial score (nSPS) is 17.9. The first-order valence-electron chi connectivity index (χ1n) is 10.9. The summed E-state index contributed by atoms with van der Waals surface area (Å²) in [7, 11) is 0. The average molecular weight is 474 g/mol. The lowest BCUT2D eigenvalue weighted by Gasteiger charge is -2.26. The summed E-state index contributed by atoms with van der Waals surface area (Å²) in [6.07, 6.45) is 1.80. The summed E-state index contributed by atoms with van der Waals surface area (Å²) >= 11 is 12.2. The molecule has 2 atom stereocenters. The Morgan fingerprint density at radius 3 is 2.48 bits per heavy atom. The van der Waals surface area contributed by atoms with Crippen LogP contribution in [0.2, 0.25) is 5.02 Å². The van der Waals surface area contributed by atoms with E-state index in [1.807, 2.05) is 55.5 Å². The van der Waals surface area contributed by atoms with E-state index in [1.165, 1.54) is 11.1 Å². The third-order valence-corrected chi connectivity index (χ3v) is 6.96. The number of furan rings is 1. The molecule has 0 saturated carbocycles. The van der Waals surface area contributed by atoms with Crippen LogP contribution in [0.5, 0.6) is 0 Å². The highest BCUT2D eigenvalue weighted by atomic mass is 35.5. The van der Waals surface area contributed by atoms with Crippen molar-refractivity contribution in [2.24, 2.45) is 0 Å². The standard InChI is InChI=1S/C27H24ClN3OS/c1-16-8-10-20(14-18(16)3)31-26(25(30-27(31)33)22-6-4-5-13-29-22)24-12-11-23(32-24)19-9-7-17(2)21(28)15-19/h4-15,25-26H,1-3H3,(H,30,33)/t25-,26-/m1/s1. The summed E-state index contributed by atoms with van der Waals surface area (Å²) in [6.45, 7) is 6.21. The van der Waals surface area contributed by atoms with Crippen LogP contribution in [-0.4, -0.2) is 10.1 Å². The molecular weight excluding hydrogens is 450 g/mol. The summed E-state index contributed by atoms with van der Waals surface area (Å²) in [5.74, 6) is 1.58. The van der Waals surface area contributed by atoms with Crippen LogP contribution < -0.4 is 10.2 Å². The van der Waals surface area contributed by atoms with Gasteiger partial charge in [-0.2, -0.15) is 0 Å². The van der Waals surface area contributed by atoms with Crippen molar-refractivity contribution in [3.63, 3.8) is 0 Å². The monoisotopic (exact) mass is 473 g/mol. The molecule has 0 spiro atoms. The lowest BCUT2D eigenvalue weighted by Crippen LogP contribution is -2.29. The van der Waals surface area contributed by atoms with E-state index in [1.54, 1.807) is 6.20 Å². The first kappa shape index (κ1) is 21.7. The number of hydrogen-bond donors (Lipinski definition) is 1. The highest BCUT2D eigenvalue weighted by Crippen LogP contribution is 2.43. The molecule has 1 fully saturated rings. The Hall–Kier alpha value is -3.15. The maximum absolute atomic E-state index is 6.43. The smallest absolute Gasteiger partial charge is 0.174 e. The van der Waals surface area contributed by atoms with E-state index in [4.69, 9.17) is 28.2 Å². The van der Waals surface area contributed by atoms with Crippen LogP contribution in [0, 0.1) is 20.8 Å². The number of hydrogen-bond acceptors (Lipinski definition) is 3. The number of nitrogens with one attached hydrogen (secondary N) is 1. The maximum atomic E-state index is 6.43. The second-order valence-electron chi connectivity index (χ2n) is 8.43. The molecule has 4 aromatic rings. The number of aromatic nitrogens is 1. The van der Waals surface area contributed by atoms with Gasteiger partial charge in [-0.3, -0.25) is 4.98 Å². The lowest BCUT2D eigenvalue weighted by molar-refractivity contribution is 0.439. The second-order valence-corrected chi connectivity index (χ2v) is 9.23.